The van der Waals surface area contributed by atoms with E-state index in [0.717, 1.165) is 23.3 Å². The van der Waals surface area contributed by atoms with E-state index in [2.05, 4.69) is 26.0 Å². The Morgan fingerprint density at radius 1 is 1.05 bits per heavy atom. The van der Waals surface area contributed by atoms with Crippen molar-refractivity contribution in [3.63, 3.8) is 0 Å². The number of allylic oxidation sites excluding steroid dienone is 4. The Labute approximate surface area is 135 Å². The van der Waals surface area contributed by atoms with Gasteiger partial charge in [-0.05, 0) is 68.6 Å². The molecule has 0 aromatic heterocycles. The van der Waals surface area contributed by atoms with Gasteiger partial charge in [-0.25, -0.2) is 0 Å². The molecule has 0 saturated heterocycles. The van der Waals surface area contributed by atoms with Crippen LogP contribution < -0.4 is 0 Å². The molecule has 3 saturated carbocycles. The molecular formula is C21H30O. The summed E-state index contributed by atoms with van der Waals surface area (Å²) in [7, 11) is 0. The van der Waals surface area contributed by atoms with Crippen LogP contribution >= 0.6 is 0 Å². The highest BCUT2D eigenvalue weighted by Crippen LogP contribution is 2.65. The van der Waals surface area contributed by atoms with E-state index >= 15 is 0 Å². The molecule has 0 spiro atoms. The summed E-state index contributed by atoms with van der Waals surface area (Å²) < 4.78 is 0. The molecule has 3 fully saturated rings. The van der Waals surface area contributed by atoms with E-state index < -0.39 is 0 Å². The third kappa shape index (κ3) is 1.80. The van der Waals surface area contributed by atoms with Crippen molar-refractivity contribution in [2.24, 2.45) is 28.6 Å². The van der Waals surface area contributed by atoms with Crippen molar-refractivity contribution in [2.75, 3.05) is 0 Å². The van der Waals surface area contributed by atoms with Gasteiger partial charge in [0.05, 0.1) is 0 Å². The van der Waals surface area contributed by atoms with Gasteiger partial charge in [-0.15, -0.1) is 0 Å². The van der Waals surface area contributed by atoms with Gasteiger partial charge in [-0.3, -0.25) is 4.79 Å². The number of carbonyl (C=O) groups excluding carboxylic acids is 1. The Hall–Kier alpha value is -0.850. The van der Waals surface area contributed by atoms with E-state index in [-0.39, 0.29) is 11.2 Å². The zero-order chi connectivity index (χ0) is 15.5. The van der Waals surface area contributed by atoms with Crippen molar-refractivity contribution in [3.8, 4) is 0 Å². The largest absolute Gasteiger partial charge is 0.295 e. The Morgan fingerprint density at radius 2 is 1.86 bits per heavy atom. The number of hydrogen-bond donors (Lipinski definition) is 0. The molecule has 0 aliphatic heterocycles. The average molecular weight is 298 g/mol. The maximum atomic E-state index is 12.1. The van der Waals surface area contributed by atoms with Crippen LogP contribution in [0.3, 0.4) is 0 Å². The zero-order valence-electron chi connectivity index (χ0n) is 14.5. The molecule has 0 bridgehead atoms. The van der Waals surface area contributed by atoms with Gasteiger partial charge in [0, 0.05) is 11.0 Å². The third-order valence-electron chi connectivity index (χ3n) is 8.00. The molecule has 120 valence electrons. The summed E-state index contributed by atoms with van der Waals surface area (Å²) in [5, 5.41) is 0. The lowest BCUT2D eigenvalue weighted by Gasteiger charge is -2.58. The van der Waals surface area contributed by atoms with Crippen molar-refractivity contribution in [3.05, 3.63) is 23.3 Å². The van der Waals surface area contributed by atoms with Crippen LogP contribution in [-0.4, -0.2) is 5.78 Å². The Bertz CT molecular complexity index is 568. The second kappa shape index (κ2) is 4.82. The minimum absolute atomic E-state index is 0.0604. The summed E-state index contributed by atoms with van der Waals surface area (Å²) >= 11 is 0. The zero-order valence-corrected chi connectivity index (χ0v) is 14.5. The molecule has 5 atom stereocenters. The molecule has 0 aromatic rings. The summed E-state index contributed by atoms with van der Waals surface area (Å²) in [6, 6.07) is 0. The first-order valence-electron chi connectivity index (χ1n) is 9.40. The molecule has 0 N–H and O–H groups in total. The first-order chi connectivity index (χ1) is 10.5. The van der Waals surface area contributed by atoms with E-state index in [9.17, 15) is 4.79 Å². The molecule has 0 amide bonds. The number of fused-ring (bicyclic) bond motifs is 5. The van der Waals surface area contributed by atoms with Gasteiger partial charge in [-0.1, -0.05) is 44.4 Å². The van der Waals surface area contributed by atoms with E-state index in [1.54, 1.807) is 12.5 Å². The predicted octanol–water partition coefficient (Wildman–Crippen LogP) is 5.46. The van der Waals surface area contributed by atoms with Crippen LogP contribution in [-0.2, 0) is 4.79 Å². The quantitative estimate of drug-likeness (QED) is 0.628. The second-order valence-corrected chi connectivity index (χ2v) is 8.87. The molecular weight excluding hydrogens is 268 g/mol. The van der Waals surface area contributed by atoms with Gasteiger partial charge in [0.15, 0.2) is 5.78 Å². The van der Waals surface area contributed by atoms with Crippen molar-refractivity contribution >= 4 is 5.78 Å². The molecule has 22 heavy (non-hydrogen) atoms. The van der Waals surface area contributed by atoms with Gasteiger partial charge in [0.2, 0.25) is 0 Å². The monoisotopic (exact) mass is 298 g/mol. The van der Waals surface area contributed by atoms with Gasteiger partial charge in [0.25, 0.3) is 0 Å². The van der Waals surface area contributed by atoms with Gasteiger partial charge in [0.1, 0.15) is 0 Å². The maximum absolute atomic E-state index is 12.1. The standard InChI is InChI=1S/C21H30O/c1-14(22)17-9-10-18-16-8-7-15-6-4-5-12-20(15,2)19(16)11-13-21(17,18)3/h9-10,15-16,19H,4-8,11-13H2,1-3H3/t15?,16-,19-,20-,21+/m0/s1. The fourth-order valence-electron chi connectivity index (χ4n) is 6.80. The number of carbonyl (C=O) groups is 1. The van der Waals surface area contributed by atoms with E-state index in [1.165, 1.54) is 51.4 Å². The summed E-state index contributed by atoms with van der Waals surface area (Å²) in [6.07, 6.45) is 15.6. The number of ketones is 1. The molecule has 0 heterocycles. The van der Waals surface area contributed by atoms with Crippen molar-refractivity contribution in [1.29, 1.82) is 0 Å². The van der Waals surface area contributed by atoms with Crippen LogP contribution in [0.25, 0.3) is 0 Å². The van der Waals surface area contributed by atoms with Crippen molar-refractivity contribution in [1.82, 2.24) is 0 Å². The van der Waals surface area contributed by atoms with Crippen LogP contribution in [0.1, 0.15) is 72.1 Å². The Kier molecular flexibility index (Phi) is 3.23. The topological polar surface area (TPSA) is 17.1 Å². The van der Waals surface area contributed by atoms with Crippen LogP contribution in [0.2, 0.25) is 0 Å². The SMILES string of the molecule is CC(=O)C1=CC=C2[C@@H]3CCC4CCCC[C@]4(C)[C@H]3CC[C@]12C. The maximum Gasteiger partial charge on any atom is 0.156 e. The van der Waals surface area contributed by atoms with Crippen molar-refractivity contribution < 1.29 is 4.79 Å². The fourth-order valence-corrected chi connectivity index (χ4v) is 6.80. The van der Waals surface area contributed by atoms with Crippen LogP contribution in [0.4, 0.5) is 0 Å². The number of rotatable bonds is 1. The summed E-state index contributed by atoms with van der Waals surface area (Å²) in [5.74, 6) is 2.86. The number of Topliss-reactive ketones (excluding diaryl/α,β-unsaturated/α-hetero) is 1. The van der Waals surface area contributed by atoms with E-state index in [4.69, 9.17) is 0 Å². The van der Waals surface area contributed by atoms with Crippen LogP contribution in [0, 0.1) is 28.6 Å². The Morgan fingerprint density at radius 3 is 2.64 bits per heavy atom. The average Bonchev–Trinajstić information content (AvgIpc) is 2.84. The Balaban J connectivity index is 1.67. The smallest absolute Gasteiger partial charge is 0.156 e. The molecule has 4 aliphatic rings. The van der Waals surface area contributed by atoms with Crippen LogP contribution in [0.5, 0.6) is 0 Å². The lowest BCUT2D eigenvalue weighted by molar-refractivity contribution is -0.114. The summed E-state index contributed by atoms with van der Waals surface area (Å²) in [6.45, 7) is 6.69. The molecule has 1 nitrogen and oxygen atoms in total. The normalized spacial score (nSPS) is 47.0. The third-order valence-corrected chi connectivity index (χ3v) is 8.00. The molecule has 0 radical (unpaired) electrons. The lowest BCUT2D eigenvalue weighted by Crippen LogP contribution is -2.50. The highest BCUT2D eigenvalue weighted by Gasteiger charge is 2.55. The fraction of sp³-hybridized carbons (Fsp3) is 0.762. The predicted molar refractivity (Wildman–Crippen MR) is 90.5 cm³/mol. The van der Waals surface area contributed by atoms with Gasteiger partial charge >= 0.3 is 0 Å². The minimum Gasteiger partial charge on any atom is -0.295 e. The van der Waals surface area contributed by atoms with E-state index in [0.29, 0.717) is 5.41 Å². The van der Waals surface area contributed by atoms with Gasteiger partial charge in [-0.2, -0.15) is 0 Å². The lowest BCUT2D eigenvalue weighted by atomic mass is 9.46. The summed E-state index contributed by atoms with van der Waals surface area (Å²) in [5.41, 5.74) is 3.32. The molecule has 4 aliphatic carbocycles. The minimum atomic E-state index is 0.0604. The van der Waals surface area contributed by atoms with E-state index in [1.807, 2.05) is 0 Å². The second-order valence-electron chi connectivity index (χ2n) is 8.87. The van der Waals surface area contributed by atoms with Gasteiger partial charge < -0.3 is 0 Å². The number of hydrogen-bond acceptors (Lipinski definition) is 1. The van der Waals surface area contributed by atoms with Crippen LogP contribution in [0.15, 0.2) is 23.3 Å². The summed E-state index contributed by atoms with van der Waals surface area (Å²) in [4.78, 5) is 12.1. The highest BCUT2D eigenvalue weighted by molar-refractivity contribution is 5.96. The first kappa shape index (κ1) is 14.7. The van der Waals surface area contributed by atoms with Crippen molar-refractivity contribution in [2.45, 2.75) is 72.1 Å². The molecule has 0 aromatic carbocycles. The first-order valence-corrected chi connectivity index (χ1v) is 9.40. The highest BCUT2D eigenvalue weighted by atomic mass is 16.1. The molecule has 1 heteroatoms. The molecule has 1 unspecified atom stereocenters. The molecule has 4 rings (SSSR count).